The quantitative estimate of drug-likeness (QED) is 0.407. The summed E-state index contributed by atoms with van der Waals surface area (Å²) >= 11 is 2.31. The molecule has 8 aliphatic rings. The van der Waals surface area contributed by atoms with E-state index < -0.39 is 0 Å². The van der Waals surface area contributed by atoms with Crippen LogP contribution < -0.4 is 0 Å². The highest BCUT2D eigenvalue weighted by Gasteiger charge is 2.65. The van der Waals surface area contributed by atoms with Gasteiger partial charge in [-0.3, -0.25) is 0 Å². The molecule has 4 atom stereocenters. The molecule has 9 rings (SSSR count). The van der Waals surface area contributed by atoms with Gasteiger partial charge in [0.15, 0.2) is 0 Å². The summed E-state index contributed by atoms with van der Waals surface area (Å²) in [6, 6.07) is 5.30. The summed E-state index contributed by atoms with van der Waals surface area (Å²) in [5.41, 5.74) is 4.95. The Bertz CT molecular complexity index is 862. The molecule has 8 bridgehead atoms. The zero-order chi connectivity index (χ0) is 21.5. The smallest absolute Gasteiger partial charge is 0.0596 e. The Labute approximate surface area is 194 Å². The molecule has 0 amide bonds. The molecular formula is C30H43S+. The fraction of sp³-hybridized carbons (Fsp3) is 0.833. The normalized spacial score (nSPS) is 56.4. The summed E-state index contributed by atoms with van der Waals surface area (Å²) in [5.74, 6) is 1.97. The molecule has 1 heteroatoms. The van der Waals surface area contributed by atoms with E-state index in [0.717, 1.165) is 11.8 Å². The van der Waals surface area contributed by atoms with Crippen molar-refractivity contribution in [2.24, 2.45) is 33.5 Å². The van der Waals surface area contributed by atoms with E-state index in [4.69, 9.17) is 0 Å². The van der Waals surface area contributed by atoms with E-state index in [1.807, 2.05) is 0 Å². The van der Waals surface area contributed by atoms with Crippen molar-refractivity contribution in [1.82, 2.24) is 0 Å². The zero-order valence-corrected chi connectivity index (χ0v) is 21.5. The van der Waals surface area contributed by atoms with Gasteiger partial charge >= 0.3 is 0 Å². The molecule has 31 heavy (non-hydrogen) atoms. The van der Waals surface area contributed by atoms with Crippen molar-refractivity contribution in [3.05, 3.63) is 27.5 Å². The van der Waals surface area contributed by atoms with E-state index in [9.17, 15) is 0 Å². The van der Waals surface area contributed by atoms with Gasteiger partial charge in [0, 0.05) is 12.1 Å². The van der Waals surface area contributed by atoms with Gasteiger partial charge in [-0.15, -0.1) is 0 Å². The topological polar surface area (TPSA) is 0 Å². The lowest BCUT2D eigenvalue weighted by Gasteiger charge is -2.64. The fourth-order valence-electron chi connectivity index (χ4n) is 12.6. The van der Waals surface area contributed by atoms with Gasteiger partial charge in [-0.05, 0) is 123 Å². The molecule has 0 aliphatic heterocycles. The van der Waals surface area contributed by atoms with Crippen LogP contribution in [0.4, 0.5) is 0 Å². The highest BCUT2D eigenvalue weighted by molar-refractivity contribution is 7.12. The molecule has 8 saturated carbocycles. The maximum Gasteiger partial charge on any atom is 0.219 e. The van der Waals surface area contributed by atoms with Crippen LogP contribution >= 0.6 is 11.3 Å². The summed E-state index contributed by atoms with van der Waals surface area (Å²) in [7, 11) is 0. The van der Waals surface area contributed by atoms with Crippen LogP contribution in [0.1, 0.15) is 120 Å². The molecule has 0 radical (unpaired) electrons. The second-order valence-electron chi connectivity index (χ2n) is 15.7. The molecule has 0 saturated heterocycles. The van der Waals surface area contributed by atoms with Gasteiger partial charge < -0.3 is 0 Å². The lowest BCUT2D eigenvalue weighted by molar-refractivity contribution is -0.109. The first-order valence-corrected chi connectivity index (χ1v) is 14.2. The molecule has 8 aliphatic carbocycles. The molecule has 0 spiro atoms. The van der Waals surface area contributed by atoms with E-state index in [-0.39, 0.29) is 0 Å². The van der Waals surface area contributed by atoms with Gasteiger partial charge in [0.25, 0.3) is 0 Å². The Morgan fingerprint density at radius 2 is 0.935 bits per heavy atom. The molecule has 0 aromatic carbocycles. The average Bonchev–Trinajstić information content (AvgIpc) is 2.54. The van der Waals surface area contributed by atoms with Crippen molar-refractivity contribution >= 4 is 11.3 Å². The number of aryl methyl sites for hydroxylation is 1. The lowest BCUT2D eigenvalue weighted by atomic mass is 9.40. The number of hydrogen-bond donors (Lipinski definition) is 0. The van der Waals surface area contributed by atoms with Gasteiger partial charge in [0.1, 0.15) is 0 Å². The number of hydrogen-bond acceptors (Lipinski definition) is 0. The maximum atomic E-state index is 2.65. The van der Waals surface area contributed by atoms with Crippen molar-refractivity contribution in [3.63, 3.8) is 0 Å². The van der Waals surface area contributed by atoms with Crippen LogP contribution in [-0.2, 0) is 10.8 Å². The maximum absolute atomic E-state index is 2.65. The van der Waals surface area contributed by atoms with Gasteiger partial charge in [-0.2, -0.15) is 0 Å². The Balaban J connectivity index is 1.34. The summed E-state index contributed by atoms with van der Waals surface area (Å²) < 4.78 is 0. The van der Waals surface area contributed by atoms with Crippen LogP contribution in [0.2, 0.25) is 0 Å². The summed E-state index contributed by atoms with van der Waals surface area (Å²) in [5, 5.41) is 0. The average molecular weight is 436 g/mol. The second kappa shape index (κ2) is 5.61. The van der Waals surface area contributed by atoms with Crippen molar-refractivity contribution in [2.75, 3.05) is 0 Å². The highest BCUT2D eigenvalue weighted by atomic mass is 32.1. The van der Waals surface area contributed by atoms with Gasteiger partial charge in [-0.1, -0.05) is 27.7 Å². The molecule has 0 N–H and O–H groups in total. The fourth-order valence-corrected chi connectivity index (χ4v) is 14.2. The van der Waals surface area contributed by atoms with E-state index in [1.54, 1.807) is 15.3 Å². The summed E-state index contributed by atoms with van der Waals surface area (Å²) in [6.07, 6.45) is 17.9. The van der Waals surface area contributed by atoms with Crippen molar-refractivity contribution < 1.29 is 0 Å². The van der Waals surface area contributed by atoms with Crippen molar-refractivity contribution in [1.29, 1.82) is 0 Å². The molecule has 168 valence electrons. The van der Waals surface area contributed by atoms with Crippen LogP contribution in [0.3, 0.4) is 0 Å². The second-order valence-corrected chi connectivity index (χ2v) is 16.8. The number of rotatable bonds is 2. The minimum Gasteiger partial charge on any atom is -0.0596 e. The molecule has 0 nitrogen and oxygen atoms in total. The first kappa shape index (κ1) is 20.0. The molecular weight excluding hydrogens is 392 g/mol. The molecule has 4 unspecified atom stereocenters. The van der Waals surface area contributed by atoms with Gasteiger partial charge in [0.2, 0.25) is 21.1 Å². The largest absolute Gasteiger partial charge is 0.219 e. The van der Waals surface area contributed by atoms with E-state index in [0.29, 0.717) is 32.5 Å². The van der Waals surface area contributed by atoms with Gasteiger partial charge in [0.05, 0.1) is 10.8 Å². The first-order valence-electron chi connectivity index (χ1n) is 13.4. The van der Waals surface area contributed by atoms with Crippen molar-refractivity contribution in [2.45, 2.75) is 122 Å². The summed E-state index contributed by atoms with van der Waals surface area (Å²) in [6.45, 7) is 13.0. The predicted octanol–water partition coefficient (Wildman–Crippen LogP) is 8.83. The van der Waals surface area contributed by atoms with E-state index in [2.05, 4.69) is 58.1 Å². The molecule has 1 aromatic heterocycles. The Hall–Kier alpha value is -0.430. The third-order valence-corrected chi connectivity index (χ3v) is 12.8. The minimum atomic E-state index is 0.491. The van der Waals surface area contributed by atoms with E-state index in [1.165, 1.54) is 77.0 Å². The van der Waals surface area contributed by atoms with Crippen LogP contribution in [-0.4, -0.2) is 0 Å². The summed E-state index contributed by atoms with van der Waals surface area (Å²) in [4.78, 5) is 3.60. The van der Waals surface area contributed by atoms with Crippen LogP contribution in [0.15, 0.2) is 12.1 Å². The highest BCUT2D eigenvalue weighted by Crippen LogP contribution is 2.72. The monoisotopic (exact) mass is 435 g/mol. The Morgan fingerprint density at radius 3 is 1.26 bits per heavy atom. The molecule has 8 fully saturated rings. The minimum absolute atomic E-state index is 0.491. The first-order chi connectivity index (χ1) is 14.4. The Morgan fingerprint density at radius 1 is 0.581 bits per heavy atom. The van der Waals surface area contributed by atoms with Crippen molar-refractivity contribution in [3.8, 4) is 0 Å². The van der Waals surface area contributed by atoms with Crippen LogP contribution in [0.25, 0.3) is 0 Å². The third-order valence-electron chi connectivity index (χ3n) is 11.2. The lowest BCUT2D eigenvalue weighted by Crippen LogP contribution is -2.57. The standard InChI is InChI=1S/C30H43S/c1-20-6-23(29-12-21-8-25(2,16-29)14-26(3,9-21)17-29)31-24(7-20)30-13-22-10-27(4,18-30)15-28(5,11-22)19-30/h6-7,21-22H,8-19H2,1-5H3/q+1. The van der Waals surface area contributed by atoms with Crippen LogP contribution in [0, 0.1) is 40.4 Å². The SMILES string of the molecule is Cc1cc(C23CC4CC(C)(CC(C)(C4)C2)C3)[s+]c(C23CC4CC(C)(CC(C)(C4)C2)C3)c1. The van der Waals surface area contributed by atoms with Gasteiger partial charge in [-0.25, -0.2) is 0 Å². The van der Waals surface area contributed by atoms with E-state index >= 15 is 0 Å². The molecule has 1 heterocycles. The zero-order valence-electron chi connectivity index (χ0n) is 20.7. The third kappa shape index (κ3) is 2.80. The predicted molar refractivity (Wildman–Crippen MR) is 132 cm³/mol. The Kier molecular flexibility index (Phi) is 3.62. The molecule has 1 aromatic rings. The van der Waals surface area contributed by atoms with Crippen LogP contribution in [0.5, 0.6) is 0 Å².